The Morgan fingerprint density at radius 2 is 1.89 bits per heavy atom. The molecule has 1 heterocycles. The second-order valence-electron chi connectivity index (χ2n) is 9.00. The van der Waals surface area contributed by atoms with Crippen molar-refractivity contribution in [3.05, 3.63) is 71.6 Å². The predicted octanol–water partition coefficient (Wildman–Crippen LogP) is 0.712. The lowest BCUT2D eigenvalue weighted by atomic mass is 9.91. The van der Waals surface area contributed by atoms with Crippen LogP contribution in [-0.2, 0) is 20.8 Å². The number of carbonyl (C=O) groups excluding carboxylic acids is 2. The predicted molar refractivity (Wildman–Crippen MR) is 135 cm³/mol. The highest BCUT2D eigenvalue weighted by molar-refractivity contribution is 5.89. The zero-order valence-corrected chi connectivity index (χ0v) is 20.2. The fourth-order valence-corrected chi connectivity index (χ4v) is 4.17. The lowest BCUT2D eigenvalue weighted by molar-refractivity contribution is -0.137. The maximum atomic E-state index is 12.9. The molecule has 0 fully saturated rings. The number of aliphatic carboxylic acids is 1. The first-order chi connectivity index (χ1) is 17.3. The van der Waals surface area contributed by atoms with Crippen molar-refractivity contribution in [3.8, 4) is 0 Å². The molecule has 0 spiro atoms. The number of carboxylic acid groups (broad SMARTS) is 1. The van der Waals surface area contributed by atoms with Crippen molar-refractivity contribution in [2.24, 2.45) is 5.73 Å². The summed E-state index contributed by atoms with van der Waals surface area (Å²) in [7, 11) is 0. The van der Waals surface area contributed by atoms with Crippen molar-refractivity contribution in [1.82, 2.24) is 21.3 Å². The van der Waals surface area contributed by atoms with Crippen molar-refractivity contribution < 1.29 is 24.6 Å². The molecule has 1 aliphatic carbocycles. The van der Waals surface area contributed by atoms with Gasteiger partial charge in [-0.2, -0.15) is 0 Å². The molecule has 1 aromatic rings. The van der Waals surface area contributed by atoms with Crippen molar-refractivity contribution in [3.63, 3.8) is 0 Å². The molecule has 0 saturated carbocycles. The van der Waals surface area contributed by atoms with Gasteiger partial charge >= 0.3 is 5.97 Å². The van der Waals surface area contributed by atoms with Crippen molar-refractivity contribution >= 4 is 17.8 Å². The standard InChI is InChI=1S/C26H35N5O5/c27-25(35)22(14-20-15-28-16-29-20)31-26(36)21(11-13-24(33)34)30-23(32)12-8-17-6-9-19(10-7-17)18-4-2-1-3-5-18/h1-4,6-7,9-10,15,18,21-23,28-30,32H,5,8,11-14,16H2,(H2,27,35)(H,31,36)(H,33,34)/t18?,21-,22-,23?/m0/s1. The number of hydrogen-bond acceptors (Lipinski definition) is 7. The minimum Gasteiger partial charge on any atom is -0.481 e. The monoisotopic (exact) mass is 497 g/mol. The third-order valence-corrected chi connectivity index (χ3v) is 6.23. The molecule has 4 atom stereocenters. The molecule has 3 rings (SSSR count). The first-order valence-electron chi connectivity index (χ1n) is 12.2. The minimum atomic E-state index is -1.06. The molecular formula is C26H35N5O5. The number of aliphatic hydroxyl groups excluding tert-OH is 1. The second kappa shape index (κ2) is 13.5. The topological polar surface area (TPSA) is 166 Å². The zero-order chi connectivity index (χ0) is 25.9. The van der Waals surface area contributed by atoms with Crippen LogP contribution in [0.15, 0.2) is 60.5 Å². The highest BCUT2D eigenvalue weighted by Gasteiger charge is 2.27. The number of hydrogen-bond donors (Lipinski definition) is 7. The molecule has 10 heteroatoms. The van der Waals surface area contributed by atoms with Crippen LogP contribution in [0, 0.1) is 0 Å². The summed E-state index contributed by atoms with van der Waals surface area (Å²) in [6.07, 6.45) is 10.8. The number of carbonyl (C=O) groups is 3. The molecule has 8 N–H and O–H groups in total. The van der Waals surface area contributed by atoms with E-state index in [-0.39, 0.29) is 19.3 Å². The number of rotatable bonds is 14. The lowest BCUT2D eigenvalue weighted by Crippen LogP contribution is -2.54. The molecule has 2 unspecified atom stereocenters. The van der Waals surface area contributed by atoms with Gasteiger partial charge in [0.1, 0.15) is 12.3 Å². The minimum absolute atomic E-state index is 0.0513. The number of aryl methyl sites for hydroxylation is 1. The van der Waals surface area contributed by atoms with Gasteiger partial charge in [0.05, 0.1) is 12.7 Å². The summed E-state index contributed by atoms with van der Waals surface area (Å²) in [4.78, 5) is 35.9. The Balaban J connectivity index is 1.54. The molecule has 10 nitrogen and oxygen atoms in total. The number of nitrogens with two attached hydrogens (primary N) is 1. The van der Waals surface area contributed by atoms with Crippen LogP contribution in [-0.4, -0.2) is 53.0 Å². The fourth-order valence-electron chi connectivity index (χ4n) is 4.17. The van der Waals surface area contributed by atoms with Crippen LogP contribution < -0.4 is 27.0 Å². The van der Waals surface area contributed by atoms with Crippen LogP contribution in [0.3, 0.4) is 0 Å². The molecule has 0 aromatic heterocycles. The highest BCUT2D eigenvalue weighted by atomic mass is 16.4. The fraction of sp³-hybridized carbons (Fsp3) is 0.423. The zero-order valence-electron chi connectivity index (χ0n) is 20.2. The lowest BCUT2D eigenvalue weighted by Gasteiger charge is -2.24. The van der Waals surface area contributed by atoms with E-state index in [2.05, 4.69) is 45.6 Å². The normalized spacial score (nSPS) is 18.9. The van der Waals surface area contributed by atoms with E-state index in [0.717, 1.165) is 17.7 Å². The maximum Gasteiger partial charge on any atom is 0.303 e. The summed E-state index contributed by atoms with van der Waals surface area (Å²) >= 11 is 0. The van der Waals surface area contributed by atoms with Gasteiger partial charge in [0.15, 0.2) is 0 Å². The van der Waals surface area contributed by atoms with Crippen LogP contribution in [0.5, 0.6) is 0 Å². The van der Waals surface area contributed by atoms with E-state index in [1.807, 2.05) is 24.3 Å². The summed E-state index contributed by atoms with van der Waals surface area (Å²) in [5.41, 5.74) is 8.45. The Morgan fingerprint density at radius 1 is 1.11 bits per heavy atom. The molecule has 36 heavy (non-hydrogen) atoms. The van der Waals surface area contributed by atoms with E-state index in [9.17, 15) is 19.5 Å². The van der Waals surface area contributed by atoms with Gasteiger partial charge in [0.25, 0.3) is 0 Å². The van der Waals surface area contributed by atoms with E-state index in [0.29, 0.717) is 25.4 Å². The van der Waals surface area contributed by atoms with Crippen molar-refractivity contribution in [1.29, 1.82) is 0 Å². The molecule has 1 aliphatic heterocycles. The summed E-state index contributed by atoms with van der Waals surface area (Å²) < 4.78 is 0. The van der Waals surface area contributed by atoms with Gasteiger partial charge in [-0.05, 0) is 36.8 Å². The summed E-state index contributed by atoms with van der Waals surface area (Å²) in [6, 6.07) is 6.24. The molecule has 2 aliphatic rings. The van der Waals surface area contributed by atoms with Gasteiger partial charge in [-0.25, -0.2) is 0 Å². The van der Waals surface area contributed by atoms with E-state index in [1.54, 1.807) is 6.20 Å². The number of nitrogens with one attached hydrogen (secondary N) is 4. The number of carboxylic acids is 1. The molecule has 2 amide bonds. The third kappa shape index (κ3) is 8.54. The first kappa shape index (κ1) is 27.0. The van der Waals surface area contributed by atoms with Crippen molar-refractivity contribution in [2.75, 3.05) is 6.67 Å². The number of aliphatic hydroxyl groups is 1. The van der Waals surface area contributed by atoms with Gasteiger partial charge in [-0.15, -0.1) is 0 Å². The number of primary amides is 1. The Morgan fingerprint density at radius 3 is 2.50 bits per heavy atom. The third-order valence-electron chi connectivity index (χ3n) is 6.23. The Bertz CT molecular complexity index is 1000. The number of benzene rings is 1. The van der Waals surface area contributed by atoms with Crippen molar-refractivity contribution in [2.45, 2.75) is 62.8 Å². The Labute approximate surface area is 210 Å². The van der Waals surface area contributed by atoms with Crippen LogP contribution >= 0.6 is 0 Å². The average molecular weight is 498 g/mol. The highest BCUT2D eigenvalue weighted by Crippen LogP contribution is 2.25. The van der Waals surface area contributed by atoms with Crippen LogP contribution in [0.25, 0.3) is 0 Å². The van der Waals surface area contributed by atoms with E-state index < -0.39 is 36.1 Å². The Kier molecular flexibility index (Phi) is 10.1. The first-order valence-corrected chi connectivity index (χ1v) is 12.2. The van der Waals surface area contributed by atoms with E-state index in [4.69, 9.17) is 10.8 Å². The quantitative estimate of drug-likeness (QED) is 0.185. The molecule has 0 bridgehead atoms. The largest absolute Gasteiger partial charge is 0.481 e. The van der Waals surface area contributed by atoms with Crippen LogP contribution in [0.4, 0.5) is 0 Å². The molecule has 194 valence electrons. The van der Waals surface area contributed by atoms with Gasteiger partial charge in [0, 0.05) is 30.7 Å². The van der Waals surface area contributed by atoms with Gasteiger partial charge < -0.3 is 31.9 Å². The summed E-state index contributed by atoms with van der Waals surface area (Å²) in [5.74, 6) is -2.00. The number of amides is 2. The summed E-state index contributed by atoms with van der Waals surface area (Å²) in [5, 5.41) is 31.0. The van der Waals surface area contributed by atoms with Crippen LogP contribution in [0.2, 0.25) is 0 Å². The van der Waals surface area contributed by atoms with E-state index in [1.165, 1.54) is 5.56 Å². The maximum absolute atomic E-state index is 12.9. The van der Waals surface area contributed by atoms with Gasteiger partial charge in [-0.3, -0.25) is 19.7 Å². The summed E-state index contributed by atoms with van der Waals surface area (Å²) in [6.45, 7) is 0.515. The molecule has 1 aromatic carbocycles. The second-order valence-corrected chi connectivity index (χ2v) is 9.00. The van der Waals surface area contributed by atoms with Gasteiger partial charge in [0.2, 0.25) is 11.8 Å². The van der Waals surface area contributed by atoms with E-state index >= 15 is 0 Å². The SMILES string of the molecule is NC(=O)[C@H](CC1=CNCN1)NC(=O)[C@H](CCC(=O)O)NC(O)CCc1ccc(C2C=CC=CC2)cc1. The number of allylic oxidation sites excluding steroid dienone is 4. The Hall–Kier alpha value is -3.63. The van der Waals surface area contributed by atoms with Crippen LogP contribution in [0.1, 0.15) is 49.1 Å². The molecule has 0 saturated heterocycles. The smallest absolute Gasteiger partial charge is 0.303 e. The average Bonchev–Trinajstić information content (AvgIpc) is 3.38. The molecular weight excluding hydrogens is 462 g/mol. The molecule has 0 radical (unpaired) electrons. The van der Waals surface area contributed by atoms with Gasteiger partial charge in [-0.1, -0.05) is 48.6 Å².